The molecule has 0 aliphatic heterocycles. The SMILES string of the molecule is COC(=O)CNC(=O)[C@@H](NC(=O)[C@H](Cc1ccc(OC/C=C/CO)cc1)NC(=O)OC(C)(C)C)C(C)C. The molecule has 0 saturated heterocycles. The largest absolute Gasteiger partial charge is 0.490 e. The fourth-order valence-electron chi connectivity index (χ4n) is 3.03. The van der Waals surface area contributed by atoms with Crippen LogP contribution in [0.5, 0.6) is 5.75 Å². The number of carbonyl (C=O) groups excluding carboxylic acids is 4. The number of alkyl carbamates (subject to hydrolysis) is 1. The van der Waals surface area contributed by atoms with E-state index in [0.717, 1.165) is 5.56 Å². The summed E-state index contributed by atoms with van der Waals surface area (Å²) in [4.78, 5) is 49.7. The minimum Gasteiger partial charge on any atom is -0.490 e. The number of rotatable bonds is 13. The first kappa shape index (κ1) is 31.4. The lowest BCUT2D eigenvalue weighted by atomic mass is 10.0. The number of benzene rings is 1. The van der Waals surface area contributed by atoms with Gasteiger partial charge in [-0.25, -0.2) is 4.79 Å². The second kappa shape index (κ2) is 15.5. The number of carbonyl (C=O) groups is 4. The van der Waals surface area contributed by atoms with Gasteiger partial charge >= 0.3 is 12.1 Å². The van der Waals surface area contributed by atoms with Gasteiger partial charge in [-0.1, -0.05) is 32.1 Å². The predicted molar refractivity (Wildman–Crippen MR) is 137 cm³/mol. The molecule has 0 spiro atoms. The van der Waals surface area contributed by atoms with E-state index in [2.05, 4.69) is 20.7 Å². The number of aliphatic hydroxyl groups excluding tert-OH is 1. The van der Waals surface area contributed by atoms with E-state index in [4.69, 9.17) is 14.6 Å². The van der Waals surface area contributed by atoms with Crippen LogP contribution in [0.15, 0.2) is 36.4 Å². The van der Waals surface area contributed by atoms with Crippen LogP contribution >= 0.6 is 0 Å². The van der Waals surface area contributed by atoms with Crippen LogP contribution in [-0.2, 0) is 30.3 Å². The van der Waals surface area contributed by atoms with E-state index in [1.807, 2.05) is 0 Å². The Hall–Kier alpha value is -3.60. The van der Waals surface area contributed by atoms with Crippen molar-refractivity contribution in [2.45, 2.75) is 58.7 Å². The Morgan fingerprint density at radius 2 is 1.65 bits per heavy atom. The maximum absolute atomic E-state index is 13.2. The van der Waals surface area contributed by atoms with Gasteiger partial charge in [0.1, 0.15) is 36.6 Å². The van der Waals surface area contributed by atoms with Crippen molar-refractivity contribution in [3.8, 4) is 5.75 Å². The molecular weight excluding hydrogens is 482 g/mol. The molecule has 206 valence electrons. The molecule has 0 unspecified atom stereocenters. The molecule has 11 heteroatoms. The van der Waals surface area contributed by atoms with Crippen LogP contribution in [0, 0.1) is 5.92 Å². The van der Waals surface area contributed by atoms with Crippen LogP contribution in [0.1, 0.15) is 40.2 Å². The number of esters is 1. The van der Waals surface area contributed by atoms with Gasteiger partial charge in [0.2, 0.25) is 11.8 Å². The normalized spacial score (nSPS) is 13.0. The minimum atomic E-state index is -1.05. The van der Waals surface area contributed by atoms with E-state index in [1.54, 1.807) is 71.0 Å². The highest BCUT2D eigenvalue weighted by atomic mass is 16.6. The van der Waals surface area contributed by atoms with Crippen LogP contribution in [0.2, 0.25) is 0 Å². The third kappa shape index (κ3) is 12.8. The molecule has 0 radical (unpaired) electrons. The van der Waals surface area contributed by atoms with Crippen molar-refractivity contribution in [3.63, 3.8) is 0 Å². The molecule has 0 aliphatic rings. The zero-order valence-corrected chi connectivity index (χ0v) is 22.3. The van der Waals surface area contributed by atoms with Gasteiger partial charge in [0.15, 0.2) is 0 Å². The van der Waals surface area contributed by atoms with Crippen molar-refractivity contribution in [2.24, 2.45) is 5.92 Å². The summed E-state index contributed by atoms with van der Waals surface area (Å²) in [5.41, 5.74) is -0.0475. The van der Waals surface area contributed by atoms with E-state index in [1.165, 1.54) is 7.11 Å². The first-order chi connectivity index (χ1) is 17.4. The van der Waals surface area contributed by atoms with Crippen molar-refractivity contribution in [2.75, 3.05) is 26.9 Å². The molecule has 1 rings (SSSR count). The summed E-state index contributed by atoms with van der Waals surface area (Å²) in [6, 6.07) is 4.95. The van der Waals surface area contributed by atoms with Crippen LogP contribution < -0.4 is 20.7 Å². The highest BCUT2D eigenvalue weighted by molar-refractivity contribution is 5.92. The molecule has 0 bridgehead atoms. The summed E-state index contributed by atoms with van der Waals surface area (Å²) in [6.07, 6.45) is 2.59. The summed E-state index contributed by atoms with van der Waals surface area (Å²) in [5.74, 6) is -1.48. The molecule has 0 fully saturated rings. The van der Waals surface area contributed by atoms with Gasteiger partial charge in [0.25, 0.3) is 0 Å². The van der Waals surface area contributed by atoms with Gasteiger partial charge in [0.05, 0.1) is 13.7 Å². The van der Waals surface area contributed by atoms with Gasteiger partial charge in [0, 0.05) is 6.42 Å². The first-order valence-corrected chi connectivity index (χ1v) is 12.0. The standard InChI is InChI=1S/C26H39N3O8/c1-17(2)22(24(33)27-16-21(31)35-6)29-23(32)20(28-25(34)37-26(3,4)5)15-18-9-11-19(12-10-18)36-14-8-7-13-30/h7-12,17,20,22,30H,13-16H2,1-6H3,(H,27,33)(H,28,34)(H,29,32)/b8-7+/t20-,22-/m0/s1. The first-order valence-electron chi connectivity index (χ1n) is 12.0. The van der Waals surface area contributed by atoms with E-state index >= 15 is 0 Å². The number of ether oxygens (including phenoxy) is 3. The number of aliphatic hydroxyl groups is 1. The van der Waals surface area contributed by atoms with Gasteiger partial charge in [-0.05, 0) is 50.5 Å². The van der Waals surface area contributed by atoms with Gasteiger partial charge in [-0.15, -0.1) is 0 Å². The van der Waals surface area contributed by atoms with Gasteiger partial charge in [-0.2, -0.15) is 0 Å². The van der Waals surface area contributed by atoms with Crippen LogP contribution in [0.3, 0.4) is 0 Å². The van der Waals surface area contributed by atoms with Crippen LogP contribution in [0.25, 0.3) is 0 Å². The second-order valence-electron chi connectivity index (χ2n) is 9.54. The molecule has 1 aromatic rings. The lowest BCUT2D eigenvalue weighted by Crippen LogP contribution is -2.56. The second-order valence-corrected chi connectivity index (χ2v) is 9.54. The average molecular weight is 522 g/mol. The number of nitrogens with one attached hydrogen (secondary N) is 3. The Balaban J connectivity index is 3.01. The zero-order chi connectivity index (χ0) is 28.0. The number of amides is 3. The Morgan fingerprint density at radius 1 is 1.00 bits per heavy atom. The highest BCUT2D eigenvalue weighted by Crippen LogP contribution is 2.15. The topological polar surface area (TPSA) is 152 Å². The Morgan fingerprint density at radius 3 is 2.19 bits per heavy atom. The molecule has 4 N–H and O–H groups in total. The van der Waals surface area contributed by atoms with Crippen LogP contribution in [-0.4, -0.2) is 73.5 Å². The van der Waals surface area contributed by atoms with Crippen molar-refractivity contribution < 1.29 is 38.5 Å². The third-order valence-electron chi connectivity index (χ3n) is 4.87. The molecule has 0 aromatic heterocycles. The lowest BCUT2D eigenvalue weighted by Gasteiger charge is -2.26. The average Bonchev–Trinajstić information content (AvgIpc) is 2.82. The molecule has 3 amide bonds. The molecular formula is C26H39N3O8. The molecule has 2 atom stereocenters. The van der Waals surface area contributed by atoms with E-state index in [-0.39, 0.29) is 25.5 Å². The Bertz CT molecular complexity index is 923. The highest BCUT2D eigenvalue weighted by Gasteiger charge is 2.30. The van der Waals surface area contributed by atoms with Crippen molar-refractivity contribution in [3.05, 3.63) is 42.0 Å². The van der Waals surface area contributed by atoms with Gasteiger partial charge in [-0.3, -0.25) is 14.4 Å². The number of hydrogen-bond donors (Lipinski definition) is 4. The molecule has 0 aliphatic carbocycles. The van der Waals surface area contributed by atoms with E-state index in [0.29, 0.717) is 12.4 Å². The predicted octanol–water partition coefficient (Wildman–Crippen LogP) is 1.48. The summed E-state index contributed by atoms with van der Waals surface area (Å²) in [7, 11) is 1.20. The number of hydrogen-bond acceptors (Lipinski definition) is 8. The monoisotopic (exact) mass is 521 g/mol. The molecule has 11 nitrogen and oxygen atoms in total. The maximum atomic E-state index is 13.2. The molecule has 0 heterocycles. The fraction of sp³-hybridized carbons (Fsp3) is 0.538. The van der Waals surface area contributed by atoms with Gasteiger partial charge < -0.3 is 35.3 Å². The Labute approximate surface area is 217 Å². The lowest BCUT2D eigenvalue weighted by molar-refractivity contribution is -0.141. The molecule has 37 heavy (non-hydrogen) atoms. The summed E-state index contributed by atoms with van der Waals surface area (Å²) >= 11 is 0. The zero-order valence-electron chi connectivity index (χ0n) is 22.3. The summed E-state index contributed by atoms with van der Waals surface area (Å²) in [6.45, 7) is 8.49. The van der Waals surface area contributed by atoms with Crippen LogP contribution in [0.4, 0.5) is 4.79 Å². The Kier molecular flexibility index (Phi) is 13.2. The minimum absolute atomic E-state index is 0.0684. The summed E-state index contributed by atoms with van der Waals surface area (Å²) < 4.78 is 15.4. The smallest absolute Gasteiger partial charge is 0.408 e. The summed E-state index contributed by atoms with van der Waals surface area (Å²) in [5, 5.41) is 16.5. The number of methoxy groups -OCH3 is 1. The quantitative estimate of drug-likeness (QED) is 0.225. The van der Waals surface area contributed by atoms with E-state index in [9.17, 15) is 19.2 Å². The molecule has 0 saturated carbocycles. The fourth-order valence-corrected chi connectivity index (χ4v) is 3.03. The molecule has 1 aromatic carbocycles. The maximum Gasteiger partial charge on any atom is 0.408 e. The van der Waals surface area contributed by atoms with Crippen molar-refractivity contribution >= 4 is 23.9 Å². The third-order valence-corrected chi connectivity index (χ3v) is 4.87. The van der Waals surface area contributed by atoms with E-state index < -0.39 is 41.6 Å². The van der Waals surface area contributed by atoms with Crippen molar-refractivity contribution in [1.29, 1.82) is 0 Å². The van der Waals surface area contributed by atoms with Crippen molar-refractivity contribution in [1.82, 2.24) is 16.0 Å².